The molecule has 1 amide bonds. The smallest absolute Gasteiger partial charge is 0.228 e. The van der Waals surface area contributed by atoms with Crippen molar-refractivity contribution in [3.05, 3.63) is 52.6 Å². The number of nitrogens with zero attached hydrogens (tertiary/aromatic N) is 1. The largest absolute Gasteiger partial charge is 0.375 e. The number of nitrogens with one attached hydrogen (secondary N) is 1. The number of fused-ring (bicyclic) bond motifs is 1. The van der Waals surface area contributed by atoms with E-state index >= 15 is 0 Å². The van der Waals surface area contributed by atoms with Crippen molar-refractivity contribution in [3.63, 3.8) is 0 Å². The molecule has 3 aromatic rings. The summed E-state index contributed by atoms with van der Waals surface area (Å²) in [5, 5.41) is 3.51. The number of amides is 1. The minimum Gasteiger partial charge on any atom is -0.375 e. The number of anilines is 2. The number of rotatable bonds is 3. The van der Waals surface area contributed by atoms with Crippen LogP contribution in [0.3, 0.4) is 0 Å². The van der Waals surface area contributed by atoms with Crippen LogP contribution >= 0.6 is 11.3 Å². The molecule has 0 spiro atoms. The summed E-state index contributed by atoms with van der Waals surface area (Å²) in [5.41, 5.74) is 11.9. The molecule has 0 saturated carbocycles. The number of carbonyl (C=O) groups is 1. The molecule has 0 bridgehead atoms. The second kappa shape index (κ2) is 6.01. The number of nitrogens with two attached hydrogens (primary N) is 1. The average Bonchev–Trinajstić information content (AvgIpc) is 2.84. The number of benzene rings is 2. The summed E-state index contributed by atoms with van der Waals surface area (Å²) >= 11 is 1.43. The summed E-state index contributed by atoms with van der Waals surface area (Å²) in [6.45, 7) is 6.10. The molecule has 4 nitrogen and oxygen atoms in total. The Kier molecular flexibility index (Phi) is 4.05. The van der Waals surface area contributed by atoms with E-state index in [1.807, 2.05) is 31.2 Å². The van der Waals surface area contributed by atoms with Crippen LogP contribution in [0.15, 0.2) is 30.3 Å². The van der Waals surface area contributed by atoms with Crippen LogP contribution < -0.4 is 11.1 Å². The number of thiazole rings is 1. The quantitative estimate of drug-likeness (QED) is 0.765. The lowest BCUT2D eigenvalue weighted by molar-refractivity contribution is -0.115. The van der Waals surface area contributed by atoms with Crippen LogP contribution in [0.5, 0.6) is 0 Å². The van der Waals surface area contributed by atoms with Crippen LogP contribution in [0.1, 0.15) is 22.3 Å². The first-order valence-corrected chi connectivity index (χ1v) is 8.26. The number of carbonyl (C=O) groups excluding carboxylic acids is 1. The highest BCUT2D eigenvalue weighted by atomic mass is 32.1. The monoisotopic (exact) mass is 325 g/mol. The van der Waals surface area contributed by atoms with Gasteiger partial charge >= 0.3 is 0 Å². The van der Waals surface area contributed by atoms with Gasteiger partial charge in [-0.3, -0.25) is 4.79 Å². The Morgan fingerprint density at radius 2 is 1.91 bits per heavy atom. The number of aromatic nitrogens is 1. The number of aryl methyl sites for hydroxylation is 3. The maximum atomic E-state index is 12.3. The van der Waals surface area contributed by atoms with E-state index < -0.39 is 0 Å². The first-order chi connectivity index (χ1) is 10.9. The third-order valence-corrected chi connectivity index (χ3v) is 4.75. The molecule has 0 atom stereocenters. The highest BCUT2D eigenvalue weighted by Gasteiger charge is 2.09. The minimum absolute atomic E-state index is 0.0236. The first kappa shape index (κ1) is 15.5. The molecule has 0 fully saturated rings. The molecule has 5 heteroatoms. The zero-order valence-corrected chi connectivity index (χ0v) is 14.3. The van der Waals surface area contributed by atoms with E-state index in [-0.39, 0.29) is 5.91 Å². The van der Waals surface area contributed by atoms with Crippen LogP contribution in [0.2, 0.25) is 0 Å². The van der Waals surface area contributed by atoms with Crippen molar-refractivity contribution in [2.24, 2.45) is 0 Å². The minimum atomic E-state index is -0.0236. The molecular weight excluding hydrogens is 306 g/mol. The van der Waals surface area contributed by atoms with Gasteiger partial charge in [0.25, 0.3) is 0 Å². The van der Waals surface area contributed by atoms with E-state index in [4.69, 9.17) is 5.73 Å². The van der Waals surface area contributed by atoms with Crippen molar-refractivity contribution >= 4 is 38.3 Å². The maximum absolute atomic E-state index is 12.3. The highest BCUT2D eigenvalue weighted by Crippen LogP contribution is 2.29. The van der Waals surface area contributed by atoms with E-state index in [2.05, 4.69) is 30.2 Å². The molecule has 0 aliphatic carbocycles. The Labute approximate surface area is 139 Å². The lowest BCUT2D eigenvalue weighted by Gasteiger charge is -2.08. The van der Waals surface area contributed by atoms with Crippen LogP contribution in [0.4, 0.5) is 10.8 Å². The average molecular weight is 325 g/mol. The molecule has 0 saturated heterocycles. The predicted molar refractivity (Wildman–Crippen MR) is 97.0 cm³/mol. The van der Waals surface area contributed by atoms with Gasteiger partial charge in [-0.2, -0.15) is 0 Å². The fourth-order valence-corrected chi connectivity index (χ4v) is 3.44. The molecule has 3 N–H and O–H groups in total. The third-order valence-electron chi connectivity index (χ3n) is 3.92. The van der Waals surface area contributed by atoms with E-state index in [9.17, 15) is 4.79 Å². The van der Waals surface area contributed by atoms with E-state index in [1.54, 1.807) is 0 Å². The Balaban J connectivity index is 1.78. The van der Waals surface area contributed by atoms with Crippen molar-refractivity contribution in [1.82, 2.24) is 4.98 Å². The van der Waals surface area contributed by atoms with Crippen molar-refractivity contribution in [2.45, 2.75) is 27.2 Å². The van der Waals surface area contributed by atoms with Crippen molar-refractivity contribution in [2.75, 3.05) is 11.1 Å². The molecule has 1 aromatic heterocycles. The van der Waals surface area contributed by atoms with Gasteiger partial charge in [0.05, 0.1) is 16.6 Å². The fourth-order valence-electron chi connectivity index (χ4n) is 2.59. The lowest BCUT2D eigenvalue weighted by atomic mass is 10.0. The standard InChI is InChI=1S/C18H19N3OS/c1-10-4-5-13(6-11(10)2)8-16(22)20-14-7-12(3)17-15(9-14)23-18(19)21-17/h4-7,9H,8H2,1-3H3,(H2,19,21)(H,20,22). The van der Waals surface area contributed by atoms with Gasteiger partial charge in [-0.15, -0.1) is 0 Å². The lowest BCUT2D eigenvalue weighted by Crippen LogP contribution is -2.14. The summed E-state index contributed by atoms with van der Waals surface area (Å²) in [7, 11) is 0. The van der Waals surface area contributed by atoms with E-state index in [0.717, 1.165) is 27.0 Å². The molecule has 1 heterocycles. The molecule has 3 rings (SSSR count). The Bertz CT molecular complexity index is 899. The Morgan fingerprint density at radius 3 is 2.65 bits per heavy atom. The molecule has 0 aliphatic heterocycles. The van der Waals surface area contributed by atoms with Gasteiger partial charge in [0.2, 0.25) is 5.91 Å². The number of hydrogen-bond acceptors (Lipinski definition) is 4. The normalized spacial score (nSPS) is 10.9. The molecule has 118 valence electrons. The molecule has 0 radical (unpaired) electrons. The summed E-state index contributed by atoms with van der Waals surface area (Å²) < 4.78 is 0.990. The van der Waals surface area contributed by atoms with Crippen molar-refractivity contribution < 1.29 is 4.79 Å². The summed E-state index contributed by atoms with van der Waals surface area (Å²) in [6, 6.07) is 9.97. The third kappa shape index (κ3) is 3.35. The van der Waals surface area contributed by atoms with E-state index in [1.165, 1.54) is 22.5 Å². The van der Waals surface area contributed by atoms with Gasteiger partial charge < -0.3 is 11.1 Å². The predicted octanol–water partition coefficient (Wildman–Crippen LogP) is 3.98. The van der Waals surface area contributed by atoms with Gasteiger partial charge in [0.1, 0.15) is 0 Å². The molecule has 0 unspecified atom stereocenters. The van der Waals surface area contributed by atoms with Gasteiger partial charge in [0.15, 0.2) is 5.13 Å². The van der Waals surface area contributed by atoms with Crippen molar-refractivity contribution in [1.29, 1.82) is 0 Å². The molecule has 0 aliphatic rings. The fraction of sp³-hybridized carbons (Fsp3) is 0.222. The van der Waals surface area contributed by atoms with Crippen LogP contribution in [0, 0.1) is 20.8 Å². The zero-order valence-electron chi connectivity index (χ0n) is 13.4. The summed E-state index contributed by atoms with van der Waals surface area (Å²) in [4.78, 5) is 16.6. The molecule has 23 heavy (non-hydrogen) atoms. The van der Waals surface area contributed by atoms with Crippen LogP contribution in [-0.2, 0) is 11.2 Å². The second-order valence-corrected chi connectivity index (χ2v) is 6.90. The second-order valence-electron chi connectivity index (χ2n) is 5.84. The van der Waals surface area contributed by atoms with Gasteiger partial charge in [-0.1, -0.05) is 29.5 Å². The summed E-state index contributed by atoms with van der Waals surface area (Å²) in [6.07, 6.45) is 0.364. The van der Waals surface area contributed by atoms with Crippen LogP contribution in [-0.4, -0.2) is 10.9 Å². The Hall–Kier alpha value is -2.40. The van der Waals surface area contributed by atoms with Crippen molar-refractivity contribution in [3.8, 4) is 0 Å². The Morgan fingerprint density at radius 1 is 1.13 bits per heavy atom. The number of hydrogen-bond donors (Lipinski definition) is 2. The SMILES string of the molecule is Cc1ccc(CC(=O)Nc2cc(C)c3nc(N)sc3c2)cc1C. The van der Waals surface area contributed by atoms with E-state index in [0.29, 0.717) is 11.6 Å². The summed E-state index contributed by atoms with van der Waals surface area (Å²) in [5.74, 6) is -0.0236. The first-order valence-electron chi connectivity index (χ1n) is 7.45. The highest BCUT2D eigenvalue weighted by molar-refractivity contribution is 7.22. The van der Waals surface area contributed by atoms with Gasteiger partial charge in [0, 0.05) is 5.69 Å². The van der Waals surface area contributed by atoms with Gasteiger partial charge in [-0.25, -0.2) is 4.98 Å². The van der Waals surface area contributed by atoms with Crippen LogP contribution in [0.25, 0.3) is 10.2 Å². The molecular formula is C18H19N3OS. The maximum Gasteiger partial charge on any atom is 0.228 e. The topological polar surface area (TPSA) is 68.0 Å². The van der Waals surface area contributed by atoms with Gasteiger partial charge in [-0.05, 0) is 55.2 Å². The number of nitrogen functional groups attached to an aromatic ring is 1. The molecule has 2 aromatic carbocycles. The zero-order chi connectivity index (χ0) is 16.6.